The van der Waals surface area contributed by atoms with Crippen LogP contribution >= 0.6 is 11.8 Å². The average Bonchev–Trinajstić information content (AvgIpc) is 3.40. The maximum Gasteiger partial charge on any atom is 0.344 e. The van der Waals surface area contributed by atoms with Crippen molar-refractivity contribution in [3.63, 3.8) is 0 Å². The molecular weight excluding hydrogens is 408 g/mol. The lowest BCUT2D eigenvalue weighted by molar-refractivity contribution is -0.135. The summed E-state index contributed by atoms with van der Waals surface area (Å²) in [5, 5.41) is 10.8. The summed E-state index contributed by atoms with van der Waals surface area (Å²) in [7, 11) is 1.42. The molecule has 0 spiro atoms. The minimum Gasteiger partial charge on any atom is -0.465 e. The van der Waals surface area contributed by atoms with Gasteiger partial charge in [-0.2, -0.15) is 0 Å². The average molecular weight is 445 g/mol. The summed E-state index contributed by atoms with van der Waals surface area (Å²) < 4.78 is 4.81. The van der Waals surface area contributed by atoms with Gasteiger partial charge in [0.2, 0.25) is 0 Å². The molecule has 170 valence electrons. The summed E-state index contributed by atoms with van der Waals surface area (Å²) >= 11 is 1.63. The normalized spacial score (nSPS) is 24.3. The lowest BCUT2D eigenvalue weighted by Gasteiger charge is -2.20. The Morgan fingerprint density at radius 2 is 1.97 bits per heavy atom. The highest BCUT2D eigenvalue weighted by Gasteiger charge is 2.35. The predicted octanol–water partition coefficient (Wildman–Crippen LogP) is 6.10. The third-order valence-corrected chi connectivity index (χ3v) is 8.04. The number of thioether (sulfide) groups is 1. The SMILES string of the molecule is CCCCCC(O)c1ccc(C2C(=O)CC[C@@H]2CCCC2CC=C(C(=O)OC)S2)cc1. The van der Waals surface area contributed by atoms with Crippen LogP contribution in [-0.2, 0) is 14.3 Å². The zero-order valence-electron chi connectivity index (χ0n) is 18.8. The van der Waals surface area contributed by atoms with E-state index < -0.39 is 6.10 Å². The number of methoxy groups -OCH3 is 1. The maximum atomic E-state index is 12.6. The van der Waals surface area contributed by atoms with E-state index in [1.807, 2.05) is 18.2 Å². The fraction of sp³-hybridized carbons (Fsp3) is 0.615. The molecule has 1 aromatic rings. The van der Waals surface area contributed by atoms with Crippen molar-refractivity contribution in [1.29, 1.82) is 0 Å². The predicted molar refractivity (Wildman–Crippen MR) is 126 cm³/mol. The fourth-order valence-electron chi connectivity index (χ4n) is 4.89. The van der Waals surface area contributed by atoms with Gasteiger partial charge in [0.05, 0.1) is 18.1 Å². The molecule has 1 aliphatic carbocycles. The summed E-state index contributed by atoms with van der Waals surface area (Å²) in [4.78, 5) is 25.0. The van der Waals surface area contributed by atoms with E-state index >= 15 is 0 Å². The Balaban J connectivity index is 1.50. The smallest absolute Gasteiger partial charge is 0.344 e. The van der Waals surface area contributed by atoms with Gasteiger partial charge in [0.15, 0.2) is 0 Å². The molecule has 1 aliphatic heterocycles. The second-order valence-electron chi connectivity index (χ2n) is 8.89. The number of carbonyl (C=O) groups is 2. The van der Waals surface area contributed by atoms with Gasteiger partial charge in [-0.25, -0.2) is 4.79 Å². The molecule has 1 saturated carbocycles. The molecule has 0 radical (unpaired) electrons. The van der Waals surface area contributed by atoms with Crippen molar-refractivity contribution in [2.24, 2.45) is 5.92 Å². The second-order valence-corrected chi connectivity index (χ2v) is 10.2. The van der Waals surface area contributed by atoms with Crippen LogP contribution in [0.1, 0.15) is 94.3 Å². The molecule has 4 nitrogen and oxygen atoms in total. The van der Waals surface area contributed by atoms with Crippen LogP contribution in [0, 0.1) is 5.92 Å². The van der Waals surface area contributed by atoms with Crippen LogP contribution in [0.15, 0.2) is 35.2 Å². The number of esters is 1. The van der Waals surface area contributed by atoms with Crippen molar-refractivity contribution in [1.82, 2.24) is 0 Å². The van der Waals surface area contributed by atoms with Crippen LogP contribution in [0.3, 0.4) is 0 Å². The Morgan fingerprint density at radius 3 is 2.68 bits per heavy atom. The van der Waals surface area contributed by atoms with Gasteiger partial charge < -0.3 is 9.84 Å². The number of allylic oxidation sites excluding steroid dienone is 1. The molecule has 3 rings (SSSR count). The van der Waals surface area contributed by atoms with Gasteiger partial charge >= 0.3 is 5.97 Å². The highest BCUT2D eigenvalue weighted by molar-refractivity contribution is 8.04. The Morgan fingerprint density at radius 1 is 1.19 bits per heavy atom. The number of hydrogen-bond donors (Lipinski definition) is 1. The summed E-state index contributed by atoms with van der Waals surface area (Å²) in [6, 6.07) is 8.12. The summed E-state index contributed by atoms with van der Waals surface area (Å²) in [6.45, 7) is 2.17. The molecule has 0 aromatic heterocycles. The standard InChI is InChI=1S/C26H36O4S/c1-3-4-5-9-22(27)18-10-12-20(13-11-18)25-19(14-16-23(25)28)7-6-8-21-15-17-24(31-21)26(29)30-2/h10-13,17,19,21-22,25,27H,3-9,14-16H2,1-2H3/t19-,21?,22?,25?/m0/s1. The van der Waals surface area contributed by atoms with Crippen LogP contribution < -0.4 is 0 Å². The van der Waals surface area contributed by atoms with Crippen molar-refractivity contribution >= 4 is 23.5 Å². The number of rotatable bonds is 11. The minimum atomic E-state index is -0.414. The van der Waals surface area contributed by atoms with E-state index in [1.165, 1.54) is 7.11 Å². The zero-order chi connectivity index (χ0) is 22.2. The Labute approximate surface area is 190 Å². The van der Waals surface area contributed by atoms with Gasteiger partial charge in [-0.05, 0) is 49.1 Å². The van der Waals surface area contributed by atoms with E-state index in [0.717, 1.165) is 73.8 Å². The number of aliphatic hydroxyl groups excluding tert-OH is 1. The fourth-order valence-corrected chi connectivity index (χ4v) is 6.10. The first-order chi connectivity index (χ1) is 15.0. The molecule has 2 aliphatic rings. The Hall–Kier alpha value is -1.59. The number of ether oxygens (including phenoxy) is 1. The molecule has 3 unspecified atom stereocenters. The molecule has 1 aromatic carbocycles. The quantitative estimate of drug-likeness (QED) is 0.330. The molecule has 5 heteroatoms. The van der Waals surface area contributed by atoms with Gasteiger partial charge in [0, 0.05) is 17.6 Å². The summed E-state index contributed by atoms with van der Waals surface area (Å²) in [5.41, 5.74) is 2.05. The number of Topliss-reactive ketones (excluding diaryl/α,β-unsaturated/α-hetero) is 1. The monoisotopic (exact) mass is 444 g/mol. The molecule has 0 saturated heterocycles. The maximum absolute atomic E-state index is 12.6. The first-order valence-corrected chi connectivity index (χ1v) is 12.7. The van der Waals surface area contributed by atoms with Crippen LogP contribution in [0.5, 0.6) is 0 Å². The number of benzene rings is 1. The summed E-state index contributed by atoms with van der Waals surface area (Å²) in [6.07, 6.45) is 11.4. The minimum absolute atomic E-state index is 0.00808. The number of carbonyl (C=O) groups excluding carboxylic acids is 2. The molecule has 0 amide bonds. The molecule has 1 heterocycles. The van der Waals surface area contributed by atoms with E-state index in [4.69, 9.17) is 4.74 Å². The van der Waals surface area contributed by atoms with Crippen molar-refractivity contribution in [3.05, 3.63) is 46.4 Å². The van der Waals surface area contributed by atoms with E-state index in [-0.39, 0.29) is 11.9 Å². The highest BCUT2D eigenvalue weighted by atomic mass is 32.2. The van der Waals surface area contributed by atoms with Crippen LogP contribution in [0.2, 0.25) is 0 Å². The molecule has 31 heavy (non-hydrogen) atoms. The van der Waals surface area contributed by atoms with Crippen molar-refractivity contribution in [2.45, 2.75) is 88.4 Å². The molecular formula is C26H36O4S. The first kappa shape index (κ1) is 24.1. The lowest BCUT2D eigenvalue weighted by atomic mass is 9.84. The number of unbranched alkanes of at least 4 members (excludes halogenated alkanes) is 2. The van der Waals surface area contributed by atoms with Gasteiger partial charge in [-0.15, -0.1) is 11.8 Å². The summed E-state index contributed by atoms with van der Waals surface area (Å²) in [5.74, 6) is 0.512. The van der Waals surface area contributed by atoms with Crippen molar-refractivity contribution < 1.29 is 19.4 Å². The first-order valence-electron chi connectivity index (χ1n) is 11.8. The van der Waals surface area contributed by atoms with Crippen LogP contribution in [0.4, 0.5) is 0 Å². The number of aliphatic hydroxyl groups is 1. The highest BCUT2D eigenvalue weighted by Crippen LogP contribution is 2.42. The lowest BCUT2D eigenvalue weighted by Crippen LogP contribution is -2.13. The van der Waals surface area contributed by atoms with Gasteiger partial charge in [0.25, 0.3) is 0 Å². The molecule has 0 bridgehead atoms. The van der Waals surface area contributed by atoms with E-state index in [2.05, 4.69) is 19.1 Å². The number of ketones is 1. The third kappa shape index (κ3) is 6.45. The topological polar surface area (TPSA) is 63.6 Å². The Bertz CT molecular complexity index is 770. The van der Waals surface area contributed by atoms with Crippen molar-refractivity contribution in [2.75, 3.05) is 7.11 Å². The van der Waals surface area contributed by atoms with Gasteiger partial charge in [-0.1, -0.05) is 62.9 Å². The van der Waals surface area contributed by atoms with Gasteiger partial charge in [-0.3, -0.25) is 4.79 Å². The zero-order valence-corrected chi connectivity index (χ0v) is 19.7. The second kappa shape index (κ2) is 11.9. The van der Waals surface area contributed by atoms with Gasteiger partial charge in [0.1, 0.15) is 5.78 Å². The van der Waals surface area contributed by atoms with E-state index in [1.54, 1.807) is 11.8 Å². The largest absolute Gasteiger partial charge is 0.465 e. The molecule has 1 fully saturated rings. The van der Waals surface area contributed by atoms with Crippen molar-refractivity contribution in [3.8, 4) is 0 Å². The van der Waals surface area contributed by atoms with Crippen LogP contribution in [0.25, 0.3) is 0 Å². The number of hydrogen-bond acceptors (Lipinski definition) is 5. The van der Waals surface area contributed by atoms with E-state index in [9.17, 15) is 14.7 Å². The van der Waals surface area contributed by atoms with E-state index in [0.29, 0.717) is 23.4 Å². The molecule has 4 atom stereocenters. The van der Waals surface area contributed by atoms with Crippen LogP contribution in [-0.4, -0.2) is 29.2 Å². The Kier molecular flexibility index (Phi) is 9.21. The third-order valence-electron chi connectivity index (χ3n) is 6.69. The molecule has 1 N–H and O–H groups in total.